The Balaban J connectivity index is 3.39. The van der Waals surface area contributed by atoms with E-state index in [1.807, 2.05) is 0 Å². The standard InChI is InChI=1S/C3H9O4P/c1-8(7)2-3(4,5)6/h4-7H,2H2,1H3. The Hall–Kier alpha value is 0.270. The van der Waals surface area contributed by atoms with Crippen LogP contribution in [0, 0.1) is 0 Å². The Kier molecular flexibility index (Phi) is 2.80. The van der Waals surface area contributed by atoms with Crippen molar-refractivity contribution in [2.24, 2.45) is 0 Å². The minimum Gasteiger partial charge on any atom is -0.374 e. The van der Waals surface area contributed by atoms with E-state index in [0.717, 1.165) is 0 Å². The van der Waals surface area contributed by atoms with Crippen LogP contribution in [-0.4, -0.2) is 39.0 Å². The van der Waals surface area contributed by atoms with Crippen molar-refractivity contribution in [2.45, 2.75) is 5.97 Å². The Bertz CT molecular complexity index is 66.2. The highest BCUT2D eigenvalue weighted by Crippen LogP contribution is 2.26. The van der Waals surface area contributed by atoms with E-state index >= 15 is 0 Å². The third-order valence-electron chi connectivity index (χ3n) is 0.441. The normalized spacial score (nSPS) is 16.1. The molecule has 0 bridgehead atoms. The smallest absolute Gasteiger partial charge is 0.281 e. The molecule has 50 valence electrons. The van der Waals surface area contributed by atoms with E-state index in [4.69, 9.17) is 20.2 Å². The number of hydrogen-bond donors (Lipinski definition) is 4. The second kappa shape index (κ2) is 2.71. The zero-order chi connectivity index (χ0) is 6.78. The first-order valence-electron chi connectivity index (χ1n) is 1.99. The summed E-state index contributed by atoms with van der Waals surface area (Å²) in [6.45, 7) is 1.41. The van der Waals surface area contributed by atoms with Gasteiger partial charge in [0.05, 0.1) is 6.16 Å². The van der Waals surface area contributed by atoms with Gasteiger partial charge >= 0.3 is 0 Å². The molecule has 0 aliphatic rings. The van der Waals surface area contributed by atoms with E-state index < -0.39 is 14.1 Å². The van der Waals surface area contributed by atoms with Crippen LogP contribution in [0.5, 0.6) is 0 Å². The molecule has 0 aliphatic carbocycles. The Morgan fingerprint density at radius 2 is 1.75 bits per heavy atom. The van der Waals surface area contributed by atoms with Crippen LogP contribution in [0.2, 0.25) is 0 Å². The predicted molar refractivity (Wildman–Crippen MR) is 29.3 cm³/mol. The van der Waals surface area contributed by atoms with E-state index in [1.54, 1.807) is 0 Å². The van der Waals surface area contributed by atoms with Gasteiger partial charge in [-0.2, -0.15) is 0 Å². The molecule has 0 aromatic heterocycles. The molecule has 0 fully saturated rings. The van der Waals surface area contributed by atoms with Crippen LogP contribution in [0.3, 0.4) is 0 Å². The molecule has 1 atom stereocenters. The van der Waals surface area contributed by atoms with Crippen molar-refractivity contribution in [1.29, 1.82) is 0 Å². The van der Waals surface area contributed by atoms with Crippen LogP contribution >= 0.6 is 8.15 Å². The summed E-state index contributed by atoms with van der Waals surface area (Å²) in [5.74, 6) is -2.70. The zero-order valence-electron chi connectivity index (χ0n) is 4.44. The molecule has 0 aromatic rings. The van der Waals surface area contributed by atoms with Gasteiger partial charge in [-0.1, -0.05) is 0 Å². The molecule has 8 heavy (non-hydrogen) atoms. The summed E-state index contributed by atoms with van der Waals surface area (Å²) in [6, 6.07) is 0. The van der Waals surface area contributed by atoms with Gasteiger partial charge in [0.1, 0.15) is 0 Å². The summed E-state index contributed by atoms with van der Waals surface area (Å²) in [6.07, 6.45) is -0.387. The maximum Gasteiger partial charge on any atom is 0.281 e. The minimum absolute atomic E-state index is 0.387. The van der Waals surface area contributed by atoms with Gasteiger partial charge in [0.2, 0.25) is 0 Å². The van der Waals surface area contributed by atoms with Gasteiger partial charge in [0.25, 0.3) is 5.97 Å². The first kappa shape index (κ1) is 8.27. The van der Waals surface area contributed by atoms with Gasteiger partial charge in [-0.15, -0.1) is 0 Å². The van der Waals surface area contributed by atoms with E-state index in [9.17, 15) is 0 Å². The van der Waals surface area contributed by atoms with Gasteiger partial charge < -0.3 is 20.2 Å². The highest BCUT2D eigenvalue weighted by molar-refractivity contribution is 7.50. The summed E-state index contributed by atoms with van der Waals surface area (Å²) in [7, 11) is -1.44. The fraction of sp³-hybridized carbons (Fsp3) is 1.00. The largest absolute Gasteiger partial charge is 0.374 e. The van der Waals surface area contributed by atoms with Crippen LogP contribution < -0.4 is 0 Å². The van der Waals surface area contributed by atoms with Crippen molar-refractivity contribution < 1.29 is 20.2 Å². The molecule has 0 aromatic carbocycles. The maximum atomic E-state index is 8.47. The third-order valence-corrected chi connectivity index (χ3v) is 1.32. The SMILES string of the molecule is CP(O)CC(O)(O)O. The molecule has 0 rings (SSSR count). The molecule has 0 saturated carbocycles. The van der Waals surface area contributed by atoms with Crippen molar-refractivity contribution in [1.82, 2.24) is 0 Å². The number of aliphatic hydroxyl groups is 3. The molecule has 5 heteroatoms. The lowest BCUT2D eigenvalue weighted by Gasteiger charge is -2.14. The molecule has 4 nitrogen and oxygen atoms in total. The van der Waals surface area contributed by atoms with E-state index in [0.29, 0.717) is 0 Å². The zero-order valence-corrected chi connectivity index (χ0v) is 5.34. The van der Waals surface area contributed by atoms with Crippen LogP contribution in [0.25, 0.3) is 0 Å². The third kappa shape index (κ3) is 6.27. The van der Waals surface area contributed by atoms with Crippen LogP contribution in [0.1, 0.15) is 0 Å². The molecular weight excluding hydrogens is 131 g/mol. The quantitative estimate of drug-likeness (QED) is 0.282. The second-order valence-corrected chi connectivity index (χ2v) is 3.22. The summed E-state index contributed by atoms with van der Waals surface area (Å²) in [5.41, 5.74) is 0. The highest BCUT2D eigenvalue weighted by Gasteiger charge is 2.20. The fourth-order valence-electron chi connectivity index (χ4n) is 0.307. The summed E-state index contributed by atoms with van der Waals surface area (Å²) < 4.78 is 0. The molecule has 0 heterocycles. The lowest BCUT2D eigenvalue weighted by Crippen LogP contribution is -2.30. The predicted octanol–water partition coefficient (Wildman–Crippen LogP) is -1.36. The minimum atomic E-state index is -2.70. The maximum absolute atomic E-state index is 8.47. The molecular formula is C3H9O4P. The average Bonchev–Trinajstić information content (AvgIpc) is 1.21. The monoisotopic (exact) mass is 140 g/mol. The Morgan fingerprint density at radius 1 is 1.38 bits per heavy atom. The van der Waals surface area contributed by atoms with Crippen molar-refractivity contribution >= 4 is 8.15 Å². The average molecular weight is 140 g/mol. The lowest BCUT2D eigenvalue weighted by molar-refractivity contribution is -0.294. The molecule has 0 amide bonds. The first-order chi connectivity index (χ1) is 3.42. The summed E-state index contributed by atoms with van der Waals surface area (Å²) in [5, 5.41) is 24.5. The molecule has 0 saturated heterocycles. The molecule has 0 aliphatic heterocycles. The first-order valence-corrected chi connectivity index (χ1v) is 3.91. The van der Waals surface area contributed by atoms with Gasteiger partial charge in [0, 0.05) is 8.15 Å². The van der Waals surface area contributed by atoms with E-state index in [-0.39, 0.29) is 6.16 Å². The molecule has 4 N–H and O–H groups in total. The highest BCUT2D eigenvalue weighted by atomic mass is 31.1. The number of hydrogen-bond acceptors (Lipinski definition) is 4. The van der Waals surface area contributed by atoms with E-state index in [2.05, 4.69) is 0 Å². The van der Waals surface area contributed by atoms with Gasteiger partial charge in [-0.3, -0.25) is 0 Å². The molecule has 1 unspecified atom stereocenters. The topological polar surface area (TPSA) is 80.9 Å². The summed E-state index contributed by atoms with van der Waals surface area (Å²) in [4.78, 5) is 8.47. The van der Waals surface area contributed by atoms with Crippen molar-refractivity contribution in [3.8, 4) is 0 Å². The molecule has 0 spiro atoms. The summed E-state index contributed by atoms with van der Waals surface area (Å²) >= 11 is 0. The van der Waals surface area contributed by atoms with Crippen molar-refractivity contribution in [2.75, 3.05) is 12.8 Å². The number of rotatable bonds is 2. The van der Waals surface area contributed by atoms with E-state index in [1.165, 1.54) is 6.66 Å². The van der Waals surface area contributed by atoms with Crippen molar-refractivity contribution in [3.63, 3.8) is 0 Å². The van der Waals surface area contributed by atoms with Gasteiger partial charge in [-0.05, 0) is 6.66 Å². The Labute approximate surface area is 48.2 Å². The van der Waals surface area contributed by atoms with Crippen LogP contribution in [0.15, 0.2) is 0 Å². The van der Waals surface area contributed by atoms with Gasteiger partial charge in [-0.25, -0.2) is 0 Å². The fourth-order valence-corrected chi connectivity index (χ4v) is 0.921. The van der Waals surface area contributed by atoms with Crippen LogP contribution in [-0.2, 0) is 0 Å². The van der Waals surface area contributed by atoms with Crippen LogP contribution in [0.4, 0.5) is 0 Å². The lowest BCUT2D eigenvalue weighted by atomic mass is 10.7. The van der Waals surface area contributed by atoms with Gasteiger partial charge in [0.15, 0.2) is 0 Å². The Morgan fingerprint density at radius 3 is 1.75 bits per heavy atom. The molecule has 0 radical (unpaired) electrons. The second-order valence-electron chi connectivity index (χ2n) is 1.59. The van der Waals surface area contributed by atoms with Crippen molar-refractivity contribution in [3.05, 3.63) is 0 Å².